The molecule has 0 aromatic carbocycles. The van der Waals surface area contributed by atoms with Crippen molar-refractivity contribution in [2.45, 2.75) is 38.6 Å². The number of aliphatic carboxylic acids is 1. The van der Waals surface area contributed by atoms with Gasteiger partial charge in [0.15, 0.2) is 0 Å². The monoisotopic (exact) mass is 292 g/mol. The van der Waals surface area contributed by atoms with Crippen molar-refractivity contribution < 1.29 is 19.4 Å². The molecule has 1 unspecified atom stereocenters. The lowest BCUT2D eigenvalue weighted by Crippen LogP contribution is -2.55. The van der Waals surface area contributed by atoms with Crippen LogP contribution in [0.2, 0.25) is 0 Å². The molecular weight excluding hydrogens is 272 g/mol. The zero-order valence-electron chi connectivity index (χ0n) is 12.3. The largest absolute Gasteiger partial charge is 0.481 e. The van der Waals surface area contributed by atoms with Crippen LogP contribution in [0.1, 0.15) is 40.9 Å². The van der Waals surface area contributed by atoms with E-state index in [2.05, 4.69) is 10.3 Å². The molecule has 0 aliphatic carbocycles. The van der Waals surface area contributed by atoms with Crippen molar-refractivity contribution in [3.05, 3.63) is 29.1 Å². The van der Waals surface area contributed by atoms with Crippen molar-refractivity contribution in [1.82, 2.24) is 10.3 Å². The Hall–Kier alpha value is -1.95. The predicted octanol–water partition coefficient (Wildman–Crippen LogP) is 1.45. The van der Waals surface area contributed by atoms with Crippen LogP contribution in [0.25, 0.3) is 0 Å². The molecule has 0 radical (unpaired) electrons. The van der Waals surface area contributed by atoms with Crippen LogP contribution < -0.4 is 5.32 Å². The van der Waals surface area contributed by atoms with Gasteiger partial charge in [-0.05, 0) is 37.8 Å². The predicted molar refractivity (Wildman–Crippen MR) is 76.2 cm³/mol. The summed E-state index contributed by atoms with van der Waals surface area (Å²) in [6.45, 7) is 4.54. The molecule has 1 aromatic rings. The highest BCUT2D eigenvalue weighted by Crippen LogP contribution is 2.24. The molecule has 1 amide bonds. The molecule has 1 saturated heterocycles. The maximum absolute atomic E-state index is 12.4. The van der Waals surface area contributed by atoms with Gasteiger partial charge < -0.3 is 15.2 Å². The number of hydrogen-bond donors (Lipinski definition) is 2. The number of nitrogens with one attached hydrogen (secondary N) is 1. The first-order valence-electron chi connectivity index (χ1n) is 6.97. The molecule has 1 aliphatic heterocycles. The van der Waals surface area contributed by atoms with Crippen molar-refractivity contribution >= 4 is 11.9 Å². The second-order valence-electron chi connectivity index (χ2n) is 5.64. The Balaban J connectivity index is 2.19. The number of hydrogen-bond acceptors (Lipinski definition) is 4. The molecular formula is C15H20N2O4. The van der Waals surface area contributed by atoms with Gasteiger partial charge in [-0.25, -0.2) is 0 Å². The Labute approximate surface area is 123 Å². The lowest BCUT2D eigenvalue weighted by atomic mass is 9.88. The maximum Gasteiger partial charge on any atom is 0.305 e. The van der Waals surface area contributed by atoms with Crippen molar-refractivity contribution in [3.63, 3.8) is 0 Å². The lowest BCUT2D eigenvalue weighted by molar-refractivity contribution is -0.140. The SMILES string of the molecule is Cc1cnc(C(=O)NC2(CC(=O)O)CCCOC2)c(C)c1. The highest BCUT2D eigenvalue weighted by Gasteiger charge is 2.37. The number of pyridine rings is 1. The van der Waals surface area contributed by atoms with Gasteiger partial charge in [-0.3, -0.25) is 14.6 Å². The van der Waals surface area contributed by atoms with Crippen LogP contribution in [0.3, 0.4) is 0 Å². The standard InChI is InChI=1S/C15H20N2O4/c1-10-6-11(2)13(16-8-10)14(20)17-15(7-12(18)19)4-3-5-21-9-15/h6,8H,3-5,7,9H2,1-2H3,(H,17,20)(H,18,19). The lowest BCUT2D eigenvalue weighted by Gasteiger charge is -2.36. The van der Waals surface area contributed by atoms with Crippen LogP contribution in [-0.2, 0) is 9.53 Å². The maximum atomic E-state index is 12.4. The van der Waals surface area contributed by atoms with Crippen molar-refractivity contribution in [2.75, 3.05) is 13.2 Å². The Morgan fingerprint density at radius 3 is 2.81 bits per heavy atom. The van der Waals surface area contributed by atoms with E-state index in [9.17, 15) is 9.59 Å². The molecule has 6 heteroatoms. The smallest absolute Gasteiger partial charge is 0.305 e. The number of nitrogens with zero attached hydrogens (tertiary/aromatic N) is 1. The minimum Gasteiger partial charge on any atom is -0.481 e. The topological polar surface area (TPSA) is 88.5 Å². The minimum atomic E-state index is -0.950. The third-order valence-corrected chi connectivity index (χ3v) is 3.62. The Kier molecular flexibility index (Phi) is 4.57. The minimum absolute atomic E-state index is 0.149. The van der Waals surface area contributed by atoms with Gasteiger partial charge in [0, 0.05) is 12.8 Å². The number of carbonyl (C=O) groups is 2. The summed E-state index contributed by atoms with van der Waals surface area (Å²) in [6.07, 6.45) is 2.80. The third kappa shape index (κ3) is 3.78. The molecule has 1 fully saturated rings. The zero-order valence-corrected chi connectivity index (χ0v) is 12.3. The van der Waals surface area contributed by atoms with Gasteiger partial charge in [-0.2, -0.15) is 0 Å². The molecule has 6 nitrogen and oxygen atoms in total. The molecule has 114 valence electrons. The van der Waals surface area contributed by atoms with Gasteiger partial charge in [0.1, 0.15) is 5.69 Å². The molecule has 1 aromatic heterocycles. The first-order valence-corrected chi connectivity index (χ1v) is 6.97. The van der Waals surface area contributed by atoms with Crippen molar-refractivity contribution in [3.8, 4) is 0 Å². The van der Waals surface area contributed by atoms with Crippen LogP contribution in [-0.4, -0.2) is 40.7 Å². The van der Waals surface area contributed by atoms with Crippen LogP contribution >= 0.6 is 0 Å². The molecule has 21 heavy (non-hydrogen) atoms. The number of carbonyl (C=O) groups excluding carboxylic acids is 1. The van der Waals surface area contributed by atoms with Gasteiger partial charge in [-0.15, -0.1) is 0 Å². The second-order valence-corrected chi connectivity index (χ2v) is 5.64. The van der Waals surface area contributed by atoms with E-state index in [-0.39, 0.29) is 18.9 Å². The normalized spacial score (nSPS) is 21.8. The van der Waals surface area contributed by atoms with Crippen molar-refractivity contribution in [2.24, 2.45) is 0 Å². The number of carboxylic acids is 1. The van der Waals surface area contributed by atoms with E-state index in [4.69, 9.17) is 9.84 Å². The van der Waals surface area contributed by atoms with E-state index < -0.39 is 11.5 Å². The summed E-state index contributed by atoms with van der Waals surface area (Å²) in [6, 6.07) is 1.88. The van der Waals surface area contributed by atoms with Gasteiger partial charge in [-0.1, -0.05) is 6.07 Å². The number of aromatic nitrogens is 1. The van der Waals surface area contributed by atoms with Gasteiger partial charge in [0.25, 0.3) is 5.91 Å². The number of amides is 1. The Bertz CT molecular complexity index is 551. The zero-order chi connectivity index (χ0) is 15.5. The van der Waals surface area contributed by atoms with E-state index in [1.165, 1.54) is 0 Å². The Morgan fingerprint density at radius 2 is 2.24 bits per heavy atom. The average Bonchev–Trinajstić information content (AvgIpc) is 2.38. The summed E-state index contributed by atoms with van der Waals surface area (Å²) in [7, 11) is 0. The first-order chi connectivity index (χ1) is 9.92. The molecule has 2 N–H and O–H groups in total. The number of carboxylic acid groups (broad SMARTS) is 1. The second kappa shape index (κ2) is 6.22. The number of aryl methyl sites for hydroxylation is 2. The fraction of sp³-hybridized carbons (Fsp3) is 0.533. The van der Waals surface area contributed by atoms with Crippen LogP contribution in [0.15, 0.2) is 12.3 Å². The highest BCUT2D eigenvalue weighted by molar-refractivity contribution is 5.94. The summed E-state index contributed by atoms with van der Waals surface area (Å²) in [4.78, 5) is 27.6. The molecule has 1 aliphatic rings. The first kappa shape index (κ1) is 15.4. The average molecular weight is 292 g/mol. The van der Waals surface area contributed by atoms with Crippen molar-refractivity contribution in [1.29, 1.82) is 0 Å². The summed E-state index contributed by atoms with van der Waals surface area (Å²) in [5, 5.41) is 11.9. The molecule has 1 atom stereocenters. The fourth-order valence-corrected chi connectivity index (χ4v) is 2.68. The van der Waals surface area contributed by atoms with Crippen LogP contribution in [0.5, 0.6) is 0 Å². The fourth-order valence-electron chi connectivity index (χ4n) is 2.68. The molecule has 2 heterocycles. The van der Waals surface area contributed by atoms with E-state index in [1.807, 2.05) is 19.9 Å². The van der Waals surface area contributed by atoms with Gasteiger partial charge >= 0.3 is 5.97 Å². The summed E-state index contributed by atoms with van der Waals surface area (Å²) >= 11 is 0. The third-order valence-electron chi connectivity index (χ3n) is 3.62. The van der Waals surface area contributed by atoms with Crippen LogP contribution in [0.4, 0.5) is 0 Å². The van der Waals surface area contributed by atoms with E-state index in [1.54, 1.807) is 6.20 Å². The van der Waals surface area contributed by atoms with Gasteiger partial charge in [0.2, 0.25) is 0 Å². The van der Waals surface area contributed by atoms with E-state index >= 15 is 0 Å². The molecule has 0 bridgehead atoms. The van der Waals surface area contributed by atoms with Gasteiger partial charge in [0.05, 0.1) is 18.6 Å². The van der Waals surface area contributed by atoms with E-state index in [0.717, 1.165) is 17.5 Å². The molecule has 0 saturated carbocycles. The quantitative estimate of drug-likeness (QED) is 0.877. The van der Waals surface area contributed by atoms with E-state index in [0.29, 0.717) is 18.7 Å². The summed E-state index contributed by atoms with van der Waals surface area (Å²) < 4.78 is 5.37. The summed E-state index contributed by atoms with van der Waals surface area (Å²) in [5.41, 5.74) is 1.23. The van der Waals surface area contributed by atoms with Crippen LogP contribution in [0, 0.1) is 13.8 Å². The Morgan fingerprint density at radius 1 is 1.48 bits per heavy atom. The summed E-state index contributed by atoms with van der Waals surface area (Å²) in [5.74, 6) is -1.30. The highest BCUT2D eigenvalue weighted by atomic mass is 16.5. The number of rotatable bonds is 4. The molecule has 2 rings (SSSR count). The number of ether oxygens (including phenoxy) is 1. The molecule has 0 spiro atoms.